The van der Waals surface area contributed by atoms with E-state index in [2.05, 4.69) is 20.4 Å². The van der Waals surface area contributed by atoms with E-state index in [1.807, 2.05) is 13.8 Å². The number of hydrogen-bond donors (Lipinski definition) is 1. The van der Waals surface area contributed by atoms with E-state index in [-0.39, 0.29) is 30.0 Å². The van der Waals surface area contributed by atoms with Gasteiger partial charge in [0.2, 0.25) is 0 Å². The van der Waals surface area contributed by atoms with Crippen LogP contribution in [-0.4, -0.2) is 49.3 Å². The third-order valence-electron chi connectivity index (χ3n) is 6.15. The molecule has 0 unspecified atom stereocenters. The first kappa shape index (κ1) is 21.6. The summed E-state index contributed by atoms with van der Waals surface area (Å²) in [6, 6.07) is -0.698. The van der Waals surface area contributed by atoms with Crippen molar-refractivity contribution in [2.45, 2.75) is 70.8 Å². The van der Waals surface area contributed by atoms with Gasteiger partial charge in [-0.1, -0.05) is 13.8 Å². The van der Waals surface area contributed by atoms with E-state index >= 15 is 0 Å². The lowest BCUT2D eigenvalue weighted by Crippen LogP contribution is -2.41. The minimum absolute atomic E-state index is 0.0461. The van der Waals surface area contributed by atoms with Crippen LogP contribution in [0.1, 0.15) is 73.5 Å². The van der Waals surface area contributed by atoms with E-state index in [0.717, 1.165) is 17.5 Å². The Morgan fingerprint density at radius 2 is 2.00 bits per heavy atom. The number of rotatable bonds is 3. The van der Waals surface area contributed by atoms with Crippen LogP contribution in [0.3, 0.4) is 0 Å². The zero-order valence-electron chi connectivity index (χ0n) is 17.9. The maximum absolute atomic E-state index is 13.8. The van der Waals surface area contributed by atoms with E-state index in [0.29, 0.717) is 30.2 Å². The highest BCUT2D eigenvalue weighted by Crippen LogP contribution is 2.42. The first-order chi connectivity index (χ1) is 14.6. The fraction of sp³-hybridized carbons (Fsp3) is 0.619. The van der Waals surface area contributed by atoms with Crippen molar-refractivity contribution in [3.63, 3.8) is 0 Å². The maximum atomic E-state index is 13.8. The normalized spacial score (nSPS) is 24.1. The SMILES string of the molecule is Cc1cnc(C(=O)N2CCCC[C@H]2c2cc3n(n2)[C@@H](C(F)(F)F)C[C@@H](C(C)C)N3)cn1. The summed E-state index contributed by atoms with van der Waals surface area (Å²) in [7, 11) is 0. The number of carbonyl (C=O) groups is 1. The number of nitrogens with zero attached hydrogens (tertiary/aromatic N) is 5. The van der Waals surface area contributed by atoms with Crippen LogP contribution in [0.5, 0.6) is 0 Å². The molecule has 0 radical (unpaired) electrons. The summed E-state index contributed by atoms with van der Waals surface area (Å²) in [6.45, 7) is 6.10. The molecule has 2 aromatic rings. The molecule has 0 aromatic carbocycles. The number of hydrogen-bond acceptors (Lipinski definition) is 5. The molecule has 0 spiro atoms. The van der Waals surface area contributed by atoms with Gasteiger partial charge in [-0.25, -0.2) is 9.67 Å². The molecule has 3 atom stereocenters. The van der Waals surface area contributed by atoms with Gasteiger partial charge in [0.05, 0.1) is 23.6 Å². The number of fused-ring (bicyclic) bond motifs is 1. The molecule has 1 fully saturated rings. The van der Waals surface area contributed by atoms with Crippen molar-refractivity contribution in [2.75, 3.05) is 11.9 Å². The highest BCUT2D eigenvalue weighted by Gasteiger charge is 2.47. The molecule has 0 saturated carbocycles. The number of halogens is 3. The Bertz CT molecular complexity index is 940. The van der Waals surface area contributed by atoms with Gasteiger partial charge in [0.1, 0.15) is 11.5 Å². The highest BCUT2D eigenvalue weighted by atomic mass is 19.4. The van der Waals surface area contributed by atoms with Crippen LogP contribution in [0.25, 0.3) is 0 Å². The Morgan fingerprint density at radius 1 is 1.23 bits per heavy atom. The molecule has 10 heteroatoms. The number of carbonyl (C=O) groups excluding carboxylic acids is 1. The molecular weight excluding hydrogens is 409 g/mol. The molecule has 4 heterocycles. The molecule has 31 heavy (non-hydrogen) atoms. The Kier molecular flexibility index (Phi) is 5.65. The van der Waals surface area contributed by atoms with Gasteiger partial charge in [-0.05, 0) is 38.5 Å². The third kappa shape index (κ3) is 4.24. The molecule has 2 aromatic heterocycles. The zero-order chi connectivity index (χ0) is 22.3. The van der Waals surface area contributed by atoms with Crippen molar-refractivity contribution in [2.24, 2.45) is 5.92 Å². The lowest BCUT2D eigenvalue weighted by molar-refractivity contribution is -0.174. The fourth-order valence-electron chi connectivity index (χ4n) is 4.35. The molecule has 7 nitrogen and oxygen atoms in total. The first-order valence-electron chi connectivity index (χ1n) is 10.7. The van der Waals surface area contributed by atoms with Gasteiger partial charge in [0.25, 0.3) is 5.91 Å². The number of alkyl halides is 3. The standard InChI is InChI=1S/C21H27F3N6O/c1-12(2)14-8-18(21(22,23)24)30-19(27-14)9-15(28-30)17-6-4-5-7-29(17)20(31)16-11-25-13(3)10-26-16/h9-12,14,17-18,27H,4-8H2,1-3H3/t14-,17-,18+/m0/s1. The van der Waals surface area contributed by atoms with Crippen molar-refractivity contribution < 1.29 is 18.0 Å². The second kappa shape index (κ2) is 8.12. The quantitative estimate of drug-likeness (QED) is 0.777. The van der Waals surface area contributed by atoms with E-state index < -0.39 is 18.3 Å². The predicted molar refractivity (Wildman–Crippen MR) is 109 cm³/mol. The number of aromatic nitrogens is 4. The minimum Gasteiger partial charge on any atom is -0.367 e. The van der Waals surface area contributed by atoms with Gasteiger partial charge in [-0.3, -0.25) is 9.78 Å². The Morgan fingerprint density at radius 3 is 2.65 bits per heavy atom. The summed E-state index contributed by atoms with van der Waals surface area (Å²) in [5.41, 5.74) is 1.42. The van der Waals surface area contributed by atoms with Crippen LogP contribution in [0.4, 0.5) is 19.0 Å². The summed E-state index contributed by atoms with van der Waals surface area (Å²) < 4.78 is 42.4. The zero-order valence-corrected chi connectivity index (χ0v) is 17.9. The Balaban J connectivity index is 1.67. The lowest BCUT2D eigenvalue weighted by Gasteiger charge is -2.35. The summed E-state index contributed by atoms with van der Waals surface area (Å²) in [5, 5.41) is 7.58. The van der Waals surface area contributed by atoms with Crippen LogP contribution in [0, 0.1) is 12.8 Å². The third-order valence-corrected chi connectivity index (χ3v) is 6.15. The van der Waals surface area contributed by atoms with Gasteiger partial charge >= 0.3 is 6.18 Å². The molecule has 2 aliphatic heterocycles. The summed E-state index contributed by atoms with van der Waals surface area (Å²) in [5.74, 6) is 0.128. The van der Waals surface area contributed by atoms with Gasteiger partial charge in [-0.2, -0.15) is 18.3 Å². The second-order valence-electron chi connectivity index (χ2n) is 8.74. The van der Waals surface area contributed by atoms with E-state index in [9.17, 15) is 18.0 Å². The van der Waals surface area contributed by atoms with Gasteiger partial charge in [-0.15, -0.1) is 0 Å². The van der Waals surface area contributed by atoms with Crippen LogP contribution in [0.2, 0.25) is 0 Å². The smallest absolute Gasteiger partial charge is 0.367 e. The molecule has 4 rings (SSSR count). The predicted octanol–water partition coefficient (Wildman–Crippen LogP) is 4.29. The average Bonchev–Trinajstić information content (AvgIpc) is 3.16. The number of amides is 1. The van der Waals surface area contributed by atoms with Crippen molar-refractivity contribution in [1.82, 2.24) is 24.6 Å². The highest BCUT2D eigenvalue weighted by molar-refractivity contribution is 5.92. The number of nitrogens with one attached hydrogen (secondary N) is 1. The average molecular weight is 436 g/mol. The van der Waals surface area contributed by atoms with E-state index in [1.165, 1.54) is 12.4 Å². The Labute approximate surface area is 179 Å². The van der Waals surface area contributed by atoms with Crippen LogP contribution in [0.15, 0.2) is 18.5 Å². The van der Waals surface area contributed by atoms with Crippen molar-refractivity contribution in [3.8, 4) is 0 Å². The number of aryl methyl sites for hydroxylation is 1. The topological polar surface area (TPSA) is 75.9 Å². The van der Waals surface area contributed by atoms with Gasteiger partial charge < -0.3 is 10.2 Å². The van der Waals surface area contributed by atoms with Gasteiger partial charge in [0.15, 0.2) is 6.04 Å². The van der Waals surface area contributed by atoms with Crippen molar-refractivity contribution >= 4 is 11.7 Å². The van der Waals surface area contributed by atoms with Crippen LogP contribution in [-0.2, 0) is 0 Å². The largest absolute Gasteiger partial charge is 0.410 e. The molecule has 1 amide bonds. The van der Waals surface area contributed by atoms with Crippen LogP contribution >= 0.6 is 0 Å². The second-order valence-corrected chi connectivity index (χ2v) is 8.74. The van der Waals surface area contributed by atoms with Crippen LogP contribution < -0.4 is 5.32 Å². The number of piperidine rings is 1. The fourth-order valence-corrected chi connectivity index (χ4v) is 4.35. The van der Waals surface area contributed by atoms with E-state index in [1.54, 1.807) is 17.9 Å². The number of likely N-dealkylation sites (tertiary alicyclic amines) is 1. The molecule has 2 aliphatic rings. The Hall–Kier alpha value is -2.65. The molecule has 1 N–H and O–H groups in total. The molecule has 1 saturated heterocycles. The summed E-state index contributed by atoms with van der Waals surface area (Å²) >= 11 is 0. The minimum atomic E-state index is -4.40. The monoisotopic (exact) mass is 436 g/mol. The van der Waals surface area contributed by atoms with E-state index in [4.69, 9.17) is 0 Å². The maximum Gasteiger partial charge on any atom is 0.410 e. The molecular formula is C21H27F3N6O. The summed E-state index contributed by atoms with van der Waals surface area (Å²) in [4.78, 5) is 23.1. The number of anilines is 1. The lowest BCUT2D eigenvalue weighted by atomic mass is 9.94. The van der Waals surface area contributed by atoms with Gasteiger partial charge in [0, 0.05) is 24.8 Å². The summed E-state index contributed by atoms with van der Waals surface area (Å²) in [6.07, 6.45) is 0.858. The van der Waals surface area contributed by atoms with Crippen molar-refractivity contribution in [3.05, 3.63) is 35.5 Å². The van der Waals surface area contributed by atoms with Crippen molar-refractivity contribution in [1.29, 1.82) is 0 Å². The molecule has 168 valence electrons. The first-order valence-corrected chi connectivity index (χ1v) is 10.7. The molecule has 0 aliphatic carbocycles. The molecule has 0 bridgehead atoms.